The lowest BCUT2D eigenvalue weighted by molar-refractivity contribution is -0.132. The number of nitrogens with one attached hydrogen (secondary N) is 1. The number of ether oxygens (including phenoxy) is 1. The first-order chi connectivity index (χ1) is 9.16. The molecule has 0 spiro atoms. The Kier molecular flexibility index (Phi) is 6.82. The van der Waals surface area contributed by atoms with E-state index >= 15 is 0 Å². The molecule has 1 amide bonds. The van der Waals surface area contributed by atoms with E-state index in [0.29, 0.717) is 13.0 Å². The van der Waals surface area contributed by atoms with E-state index in [4.69, 9.17) is 4.74 Å². The molecular weight excluding hydrogens is 276 g/mol. The minimum atomic E-state index is 0. The van der Waals surface area contributed by atoms with E-state index in [9.17, 15) is 4.79 Å². The lowest BCUT2D eigenvalue weighted by Gasteiger charge is -2.27. The summed E-state index contributed by atoms with van der Waals surface area (Å²) in [6.07, 6.45) is 0.451. The lowest BCUT2D eigenvalue weighted by atomic mass is 10.1. The molecule has 1 aromatic carbocycles. The number of hydrogen-bond acceptors (Lipinski definition) is 3. The number of aryl methyl sites for hydroxylation is 2. The third-order valence-electron chi connectivity index (χ3n) is 3.53. The van der Waals surface area contributed by atoms with Crippen molar-refractivity contribution in [2.75, 3.05) is 32.8 Å². The Labute approximate surface area is 126 Å². The second-order valence-corrected chi connectivity index (χ2v) is 4.98. The molecule has 2 rings (SSSR count). The number of hydrogen-bond donors (Lipinski definition) is 1. The van der Waals surface area contributed by atoms with Gasteiger partial charge >= 0.3 is 0 Å². The van der Waals surface area contributed by atoms with E-state index in [1.165, 1.54) is 11.1 Å². The fraction of sp³-hybridized carbons (Fsp3) is 0.533. The van der Waals surface area contributed by atoms with Gasteiger partial charge in [0.15, 0.2) is 0 Å². The number of rotatable bonds is 4. The summed E-state index contributed by atoms with van der Waals surface area (Å²) in [6, 6.07) is 6.02. The molecule has 0 aromatic heterocycles. The van der Waals surface area contributed by atoms with Gasteiger partial charge in [-0.25, -0.2) is 0 Å². The summed E-state index contributed by atoms with van der Waals surface area (Å²) in [7, 11) is 0. The van der Waals surface area contributed by atoms with Crippen LogP contribution in [0.4, 0.5) is 0 Å². The molecule has 1 fully saturated rings. The van der Waals surface area contributed by atoms with Gasteiger partial charge in [0.05, 0.1) is 13.0 Å². The largest absolute Gasteiger partial charge is 0.493 e. The lowest BCUT2D eigenvalue weighted by Crippen LogP contribution is -2.46. The molecule has 0 radical (unpaired) electrons. The van der Waals surface area contributed by atoms with Crippen molar-refractivity contribution in [3.8, 4) is 5.75 Å². The first-order valence-corrected chi connectivity index (χ1v) is 6.85. The predicted molar refractivity (Wildman–Crippen MR) is 82.7 cm³/mol. The van der Waals surface area contributed by atoms with Crippen LogP contribution in [0, 0.1) is 13.8 Å². The Hall–Kier alpha value is -1.26. The van der Waals surface area contributed by atoms with Crippen LogP contribution in [-0.2, 0) is 4.79 Å². The maximum absolute atomic E-state index is 11.9. The van der Waals surface area contributed by atoms with E-state index in [2.05, 4.69) is 19.2 Å². The van der Waals surface area contributed by atoms with Gasteiger partial charge in [-0.05, 0) is 37.1 Å². The van der Waals surface area contributed by atoms with Crippen molar-refractivity contribution < 1.29 is 9.53 Å². The molecule has 0 bridgehead atoms. The Morgan fingerprint density at radius 2 is 1.95 bits per heavy atom. The van der Waals surface area contributed by atoms with E-state index in [0.717, 1.165) is 31.9 Å². The Bertz CT molecular complexity index is 445. The molecule has 0 unspecified atom stereocenters. The fourth-order valence-corrected chi connectivity index (χ4v) is 2.13. The normalized spacial score (nSPS) is 14.6. The quantitative estimate of drug-likeness (QED) is 0.923. The third-order valence-corrected chi connectivity index (χ3v) is 3.53. The highest BCUT2D eigenvalue weighted by molar-refractivity contribution is 5.85. The molecular formula is C15H23ClN2O2. The Morgan fingerprint density at radius 3 is 2.60 bits per heavy atom. The van der Waals surface area contributed by atoms with Crippen LogP contribution in [-0.4, -0.2) is 43.6 Å². The number of piperazine rings is 1. The van der Waals surface area contributed by atoms with Gasteiger partial charge < -0.3 is 15.0 Å². The van der Waals surface area contributed by atoms with E-state index < -0.39 is 0 Å². The average molecular weight is 299 g/mol. The SMILES string of the molecule is Cc1ccc(OCCC(=O)N2CCNCC2)cc1C.Cl. The molecule has 1 N–H and O–H groups in total. The second kappa shape index (κ2) is 8.12. The molecule has 20 heavy (non-hydrogen) atoms. The molecule has 1 saturated heterocycles. The zero-order valence-corrected chi connectivity index (χ0v) is 13.0. The monoisotopic (exact) mass is 298 g/mol. The van der Waals surface area contributed by atoms with Crippen molar-refractivity contribution >= 4 is 18.3 Å². The molecule has 112 valence electrons. The molecule has 0 aliphatic carbocycles. The van der Waals surface area contributed by atoms with Gasteiger partial charge in [-0.15, -0.1) is 12.4 Å². The molecule has 5 heteroatoms. The van der Waals surface area contributed by atoms with Gasteiger partial charge in [-0.3, -0.25) is 4.79 Å². The summed E-state index contributed by atoms with van der Waals surface area (Å²) < 4.78 is 5.64. The molecule has 1 aliphatic heterocycles. The summed E-state index contributed by atoms with van der Waals surface area (Å²) in [5, 5.41) is 3.24. The van der Waals surface area contributed by atoms with Crippen molar-refractivity contribution in [3.63, 3.8) is 0 Å². The zero-order chi connectivity index (χ0) is 13.7. The molecule has 4 nitrogen and oxygen atoms in total. The minimum absolute atomic E-state index is 0. The second-order valence-electron chi connectivity index (χ2n) is 4.98. The van der Waals surface area contributed by atoms with Crippen molar-refractivity contribution in [1.29, 1.82) is 0 Å². The number of nitrogens with zero attached hydrogens (tertiary/aromatic N) is 1. The summed E-state index contributed by atoms with van der Waals surface area (Å²) in [5.41, 5.74) is 2.47. The van der Waals surface area contributed by atoms with Crippen LogP contribution in [0.1, 0.15) is 17.5 Å². The van der Waals surface area contributed by atoms with Crippen LogP contribution < -0.4 is 10.1 Å². The summed E-state index contributed by atoms with van der Waals surface area (Å²) in [4.78, 5) is 13.8. The van der Waals surface area contributed by atoms with Gasteiger partial charge in [0.1, 0.15) is 5.75 Å². The van der Waals surface area contributed by atoms with Crippen LogP contribution in [0.2, 0.25) is 0 Å². The molecule has 1 aliphatic rings. The highest BCUT2D eigenvalue weighted by atomic mass is 35.5. The van der Waals surface area contributed by atoms with E-state index in [-0.39, 0.29) is 18.3 Å². The van der Waals surface area contributed by atoms with Crippen molar-refractivity contribution in [1.82, 2.24) is 10.2 Å². The van der Waals surface area contributed by atoms with Gasteiger partial charge in [0.2, 0.25) is 5.91 Å². The number of carbonyl (C=O) groups is 1. The zero-order valence-electron chi connectivity index (χ0n) is 12.1. The van der Waals surface area contributed by atoms with Gasteiger partial charge in [0, 0.05) is 26.2 Å². The Balaban J connectivity index is 0.00000200. The first-order valence-electron chi connectivity index (χ1n) is 6.85. The number of amides is 1. The van der Waals surface area contributed by atoms with Crippen LogP contribution in [0.5, 0.6) is 5.75 Å². The maximum atomic E-state index is 11.9. The molecule has 1 heterocycles. The van der Waals surface area contributed by atoms with E-state index in [1.54, 1.807) is 0 Å². The Morgan fingerprint density at radius 1 is 1.25 bits per heavy atom. The van der Waals surface area contributed by atoms with Crippen LogP contribution in [0.25, 0.3) is 0 Å². The van der Waals surface area contributed by atoms with Gasteiger partial charge in [0.25, 0.3) is 0 Å². The third kappa shape index (κ3) is 4.69. The standard InChI is InChI=1S/C15H22N2O2.ClH/c1-12-3-4-14(11-13(12)2)19-10-5-15(18)17-8-6-16-7-9-17;/h3-4,11,16H,5-10H2,1-2H3;1H. The van der Waals surface area contributed by atoms with Gasteiger partial charge in [-0.1, -0.05) is 6.07 Å². The van der Waals surface area contributed by atoms with Crippen LogP contribution in [0.15, 0.2) is 18.2 Å². The first kappa shape index (κ1) is 16.8. The molecule has 0 saturated carbocycles. The van der Waals surface area contributed by atoms with Crippen molar-refractivity contribution in [2.24, 2.45) is 0 Å². The summed E-state index contributed by atoms with van der Waals surface area (Å²) in [6.45, 7) is 7.99. The van der Waals surface area contributed by atoms with E-state index in [1.807, 2.05) is 23.1 Å². The highest BCUT2D eigenvalue weighted by Gasteiger charge is 2.15. The number of carbonyl (C=O) groups excluding carboxylic acids is 1. The molecule has 1 aromatic rings. The smallest absolute Gasteiger partial charge is 0.226 e. The summed E-state index contributed by atoms with van der Waals surface area (Å²) in [5.74, 6) is 1.03. The predicted octanol–water partition coefficient (Wildman–Crippen LogP) is 1.93. The average Bonchev–Trinajstić information content (AvgIpc) is 2.43. The number of benzene rings is 1. The minimum Gasteiger partial charge on any atom is -0.493 e. The van der Waals surface area contributed by atoms with Crippen LogP contribution in [0.3, 0.4) is 0 Å². The summed E-state index contributed by atoms with van der Waals surface area (Å²) >= 11 is 0. The van der Waals surface area contributed by atoms with Crippen molar-refractivity contribution in [3.05, 3.63) is 29.3 Å². The molecule has 0 atom stereocenters. The van der Waals surface area contributed by atoms with Crippen LogP contribution >= 0.6 is 12.4 Å². The van der Waals surface area contributed by atoms with Gasteiger partial charge in [-0.2, -0.15) is 0 Å². The van der Waals surface area contributed by atoms with Crippen molar-refractivity contribution in [2.45, 2.75) is 20.3 Å². The highest BCUT2D eigenvalue weighted by Crippen LogP contribution is 2.16. The topological polar surface area (TPSA) is 41.6 Å². The number of halogens is 1. The maximum Gasteiger partial charge on any atom is 0.226 e. The fourth-order valence-electron chi connectivity index (χ4n) is 2.13.